The number of aliphatic hydroxyl groups excluding tert-OH is 1. The van der Waals surface area contributed by atoms with Gasteiger partial charge in [-0.25, -0.2) is 8.78 Å². The maximum absolute atomic E-state index is 13.3. The third-order valence-electron chi connectivity index (χ3n) is 3.87. The second-order valence-corrected chi connectivity index (χ2v) is 7.11. The second kappa shape index (κ2) is 8.75. The average molecular weight is 389 g/mol. The molecule has 3 rings (SSSR count). The second-order valence-electron chi connectivity index (χ2n) is 5.58. The molecule has 27 heavy (non-hydrogen) atoms. The summed E-state index contributed by atoms with van der Waals surface area (Å²) in [7, 11) is 1.00. The molecule has 1 unspecified atom stereocenters. The average Bonchev–Trinajstić information content (AvgIpc) is 3.19. The largest absolute Gasteiger partial charge is 0.400 e. The quantitative estimate of drug-likeness (QED) is 0.530. The zero-order chi connectivity index (χ0) is 20.0. The molecule has 0 aromatic carbocycles. The molecule has 0 amide bonds. The van der Waals surface area contributed by atoms with E-state index >= 15 is 0 Å². The first kappa shape index (κ1) is 20.6. The van der Waals surface area contributed by atoms with Crippen molar-refractivity contribution in [3.05, 3.63) is 54.5 Å². The van der Waals surface area contributed by atoms with E-state index in [0.29, 0.717) is 27.2 Å². The van der Waals surface area contributed by atoms with Crippen LogP contribution in [0.15, 0.2) is 53.8 Å². The highest BCUT2D eigenvalue weighted by Gasteiger charge is 2.37. The molecule has 0 aliphatic carbocycles. The number of nitrogens with zero attached hydrogens (tertiary/aromatic N) is 3. The van der Waals surface area contributed by atoms with E-state index in [1.54, 1.807) is 47.1 Å². The number of hydrogen-bond donors (Lipinski definition) is 1. The van der Waals surface area contributed by atoms with E-state index in [9.17, 15) is 18.8 Å². The number of nitriles is 1. The molecule has 0 aliphatic rings. The lowest BCUT2D eigenvalue weighted by atomic mass is 10.1. The molecule has 3 aromatic heterocycles. The van der Waals surface area contributed by atoms with Gasteiger partial charge in [-0.1, -0.05) is 0 Å². The lowest BCUT2D eigenvalue weighted by molar-refractivity contribution is -0.112. The SMILES string of the molecule is CC(C=O)(Sc1ccncc1-c1ccc(C#N)c2cccn12)C(F)F.CO. The minimum absolute atomic E-state index is 0.274. The highest BCUT2D eigenvalue weighted by molar-refractivity contribution is 8.01. The van der Waals surface area contributed by atoms with Gasteiger partial charge in [0.05, 0.1) is 16.8 Å². The summed E-state index contributed by atoms with van der Waals surface area (Å²) < 4.78 is 26.6. The van der Waals surface area contributed by atoms with Gasteiger partial charge in [-0.15, -0.1) is 11.8 Å². The highest BCUT2D eigenvalue weighted by atomic mass is 32.2. The Balaban J connectivity index is 0.00000126. The van der Waals surface area contributed by atoms with Crippen LogP contribution < -0.4 is 0 Å². The van der Waals surface area contributed by atoms with Gasteiger partial charge in [0.15, 0.2) is 0 Å². The normalized spacial score (nSPS) is 12.8. The van der Waals surface area contributed by atoms with Crippen molar-refractivity contribution in [3.63, 3.8) is 0 Å². The van der Waals surface area contributed by atoms with Crippen LogP contribution in [0.25, 0.3) is 16.8 Å². The lowest BCUT2D eigenvalue weighted by Gasteiger charge is -2.22. The van der Waals surface area contributed by atoms with Crippen molar-refractivity contribution in [2.75, 3.05) is 7.11 Å². The van der Waals surface area contributed by atoms with Crippen LogP contribution in [0.4, 0.5) is 8.78 Å². The zero-order valence-electron chi connectivity index (χ0n) is 14.6. The van der Waals surface area contributed by atoms with Crippen molar-refractivity contribution < 1.29 is 18.7 Å². The molecule has 0 aliphatic heterocycles. The molecule has 5 nitrogen and oxygen atoms in total. The fourth-order valence-electron chi connectivity index (χ4n) is 2.47. The molecule has 0 spiro atoms. The van der Waals surface area contributed by atoms with Gasteiger partial charge in [0.2, 0.25) is 0 Å². The monoisotopic (exact) mass is 389 g/mol. The van der Waals surface area contributed by atoms with Crippen LogP contribution in [0.1, 0.15) is 12.5 Å². The number of aromatic nitrogens is 2. The standard InChI is InChI=1S/C18H13F2N3OS.CH4O/c1-18(11-24,17(19)20)25-16-6-7-22-10-13(16)15-5-4-12(9-21)14-3-2-8-23(14)15;1-2/h2-8,10-11,17H,1H3;2H,1H3. The maximum atomic E-state index is 13.3. The van der Waals surface area contributed by atoms with Crippen LogP contribution in [0.5, 0.6) is 0 Å². The molecule has 0 radical (unpaired) electrons. The predicted molar refractivity (Wildman–Crippen MR) is 99.8 cm³/mol. The van der Waals surface area contributed by atoms with E-state index in [1.807, 2.05) is 0 Å². The Kier molecular flexibility index (Phi) is 6.66. The first-order valence-electron chi connectivity index (χ1n) is 7.83. The first-order valence-corrected chi connectivity index (χ1v) is 8.64. The third kappa shape index (κ3) is 3.99. The van der Waals surface area contributed by atoms with E-state index in [-0.39, 0.29) is 6.29 Å². The van der Waals surface area contributed by atoms with Crippen LogP contribution in [0.3, 0.4) is 0 Å². The van der Waals surface area contributed by atoms with Crippen LogP contribution in [-0.4, -0.2) is 39.1 Å². The Morgan fingerprint density at radius 1 is 1.33 bits per heavy atom. The molecule has 0 fully saturated rings. The number of halogens is 2. The number of fused-ring (bicyclic) bond motifs is 1. The van der Waals surface area contributed by atoms with Crippen LogP contribution >= 0.6 is 11.8 Å². The van der Waals surface area contributed by atoms with Crippen molar-refractivity contribution in [1.82, 2.24) is 9.38 Å². The lowest BCUT2D eigenvalue weighted by Crippen LogP contribution is -2.31. The van der Waals surface area contributed by atoms with Gasteiger partial charge < -0.3 is 14.3 Å². The molecule has 1 N–H and O–H groups in total. The van der Waals surface area contributed by atoms with E-state index in [1.165, 1.54) is 13.1 Å². The topological polar surface area (TPSA) is 78.4 Å². The number of carbonyl (C=O) groups is 1. The Morgan fingerprint density at radius 3 is 2.70 bits per heavy atom. The molecule has 3 heterocycles. The molecular weight excluding hydrogens is 372 g/mol. The number of hydrogen-bond acceptors (Lipinski definition) is 5. The van der Waals surface area contributed by atoms with Gasteiger partial charge in [0.1, 0.15) is 17.1 Å². The number of aldehydes is 1. The summed E-state index contributed by atoms with van der Waals surface area (Å²) in [5.41, 5.74) is 2.55. The van der Waals surface area contributed by atoms with Gasteiger partial charge in [0, 0.05) is 36.2 Å². The molecule has 8 heteroatoms. The first-order chi connectivity index (χ1) is 13.0. The number of carbonyl (C=O) groups excluding carboxylic acids is 1. The van der Waals surface area contributed by atoms with Crippen molar-refractivity contribution in [1.29, 1.82) is 5.26 Å². The van der Waals surface area contributed by atoms with Gasteiger partial charge in [-0.05, 0) is 37.3 Å². The molecule has 0 saturated heterocycles. The molecule has 0 bridgehead atoms. The summed E-state index contributed by atoms with van der Waals surface area (Å²) in [6, 6.07) is 10.8. The van der Waals surface area contributed by atoms with E-state index < -0.39 is 11.2 Å². The summed E-state index contributed by atoms with van der Waals surface area (Å²) in [5.74, 6) is 0. The number of pyridine rings is 2. The van der Waals surface area contributed by atoms with Crippen LogP contribution in [0.2, 0.25) is 0 Å². The zero-order valence-corrected chi connectivity index (χ0v) is 15.5. The van der Waals surface area contributed by atoms with Crippen LogP contribution in [0, 0.1) is 11.3 Å². The van der Waals surface area contributed by atoms with E-state index in [2.05, 4.69) is 11.1 Å². The van der Waals surface area contributed by atoms with Gasteiger partial charge in [-0.3, -0.25) is 4.98 Å². The Morgan fingerprint density at radius 2 is 2.07 bits per heavy atom. The highest BCUT2D eigenvalue weighted by Crippen LogP contribution is 2.40. The Bertz CT molecular complexity index is 984. The summed E-state index contributed by atoms with van der Waals surface area (Å²) in [6.45, 7) is 1.21. The number of aliphatic hydroxyl groups is 1. The molecular formula is C19H17F2N3O2S. The Labute approximate surface area is 159 Å². The summed E-state index contributed by atoms with van der Waals surface area (Å²) in [4.78, 5) is 15.8. The maximum Gasteiger partial charge on any atom is 0.259 e. The number of alkyl halides is 2. The third-order valence-corrected chi connectivity index (χ3v) is 5.16. The van der Waals surface area contributed by atoms with Crippen molar-refractivity contribution >= 4 is 23.6 Å². The summed E-state index contributed by atoms with van der Waals surface area (Å²) in [6.07, 6.45) is 2.33. The summed E-state index contributed by atoms with van der Waals surface area (Å²) in [5, 5.41) is 16.2. The number of rotatable bonds is 5. The van der Waals surface area contributed by atoms with Crippen LogP contribution in [-0.2, 0) is 4.79 Å². The smallest absolute Gasteiger partial charge is 0.259 e. The Hall–Kier alpha value is -2.76. The van der Waals surface area contributed by atoms with Gasteiger partial charge >= 0.3 is 0 Å². The van der Waals surface area contributed by atoms with Crippen molar-refractivity contribution in [2.24, 2.45) is 0 Å². The van der Waals surface area contributed by atoms with E-state index in [4.69, 9.17) is 5.11 Å². The predicted octanol–water partition coefficient (Wildman–Crippen LogP) is 3.80. The minimum atomic E-state index is -2.80. The minimum Gasteiger partial charge on any atom is -0.400 e. The van der Waals surface area contributed by atoms with Gasteiger partial charge in [-0.2, -0.15) is 5.26 Å². The molecule has 3 aromatic rings. The van der Waals surface area contributed by atoms with Crippen molar-refractivity contribution in [2.45, 2.75) is 23.0 Å². The molecule has 1 atom stereocenters. The fourth-order valence-corrected chi connectivity index (χ4v) is 3.48. The number of thioether (sulfide) groups is 1. The van der Waals surface area contributed by atoms with E-state index in [0.717, 1.165) is 18.9 Å². The van der Waals surface area contributed by atoms with Gasteiger partial charge in [0.25, 0.3) is 6.43 Å². The summed E-state index contributed by atoms with van der Waals surface area (Å²) >= 11 is 0.805. The molecule has 0 saturated carbocycles. The molecule has 140 valence electrons. The fraction of sp³-hybridized carbons (Fsp3) is 0.211. The van der Waals surface area contributed by atoms with Crippen molar-refractivity contribution in [3.8, 4) is 17.3 Å².